The maximum absolute atomic E-state index is 12.0. The average molecular weight is 426 g/mol. The van der Waals surface area contributed by atoms with Crippen LogP contribution in [0.15, 0.2) is 42.5 Å². The van der Waals surface area contributed by atoms with E-state index in [1.165, 1.54) is 11.1 Å². The number of aryl methyl sites for hydroxylation is 1. The van der Waals surface area contributed by atoms with Gasteiger partial charge in [-0.05, 0) is 58.4 Å². The van der Waals surface area contributed by atoms with E-state index in [-0.39, 0.29) is 24.0 Å². The lowest BCUT2D eigenvalue weighted by Crippen LogP contribution is -2.37. The Kier molecular flexibility index (Phi) is 6.77. The molecule has 0 aliphatic heterocycles. The molecule has 0 heterocycles. The molecule has 2 aromatic carbocycles. The van der Waals surface area contributed by atoms with Crippen LogP contribution in [-0.2, 0) is 22.2 Å². The summed E-state index contributed by atoms with van der Waals surface area (Å²) in [4.78, 5) is 12.0. The van der Waals surface area contributed by atoms with Crippen molar-refractivity contribution in [3.8, 4) is 0 Å². The minimum Gasteiger partial charge on any atom is -0.445 e. The molecule has 3 rings (SSSR count). The zero-order valence-corrected chi connectivity index (χ0v) is 19.2. The van der Waals surface area contributed by atoms with E-state index in [0.717, 1.165) is 24.0 Å². The van der Waals surface area contributed by atoms with E-state index in [1.807, 2.05) is 43.3 Å². The Bertz CT molecular complexity index is 921. The molecular weight excluding hydrogens is 390 g/mol. The third-order valence-corrected chi connectivity index (χ3v) is 6.59. The van der Waals surface area contributed by atoms with Crippen molar-refractivity contribution in [3.63, 3.8) is 0 Å². The number of hydrogen-bond donors (Lipinski definition) is 3. The molecule has 0 fully saturated rings. The number of carbonyl (C=O) groups excluding carboxylic acids is 1. The number of aliphatic hydroxyl groups is 2. The van der Waals surface area contributed by atoms with Crippen LogP contribution in [-0.4, -0.2) is 29.0 Å². The Labute approximate surface area is 185 Å². The first-order chi connectivity index (χ1) is 14.5. The monoisotopic (exact) mass is 425 g/mol. The highest BCUT2D eigenvalue weighted by Crippen LogP contribution is 2.47. The van der Waals surface area contributed by atoms with Gasteiger partial charge in [-0.2, -0.15) is 0 Å². The van der Waals surface area contributed by atoms with Gasteiger partial charge in [0.1, 0.15) is 18.8 Å². The molecule has 31 heavy (non-hydrogen) atoms. The summed E-state index contributed by atoms with van der Waals surface area (Å²) >= 11 is 0. The summed E-state index contributed by atoms with van der Waals surface area (Å²) in [6.07, 6.45) is -0.670. The summed E-state index contributed by atoms with van der Waals surface area (Å²) < 4.78 is 5.17. The second kappa shape index (κ2) is 9.01. The molecule has 3 N–H and O–H groups in total. The van der Waals surface area contributed by atoms with Crippen LogP contribution in [0.2, 0.25) is 0 Å². The van der Waals surface area contributed by atoms with Crippen LogP contribution in [0.25, 0.3) is 0 Å². The van der Waals surface area contributed by atoms with Crippen molar-refractivity contribution < 1.29 is 19.7 Å². The molecule has 0 bridgehead atoms. The molecule has 0 saturated carbocycles. The minimum absolute atomic E-state index is 0.0114. The number of alkyl carbamates (subject to hydrolysis) is 1. The largest absolute Gasteiger partial charge is 0.445 e. The molecule has 5 nitrogen and oxygen atoms in total. The second-order valence-electron chi connectivity index (χ2n) is 9.98. The normalized spacial score (nSPS) is 18.5. The molecule has 0 radical (unpaired) electrons. The van der Waals surface area contributed by atoms with Gasteiger partial charge < -0.3 is 20.3 Å². The summed E-state index contributed by atoms with van der Waals surface area (Å²) in [6.45, 7) is 11.0. The van der Waals surface area contributed by atoms with Gasteiger partial charge in [0.25, 0.3) is 0 Å². The molecule has 0 saturated heterocycles. The highest BCUT2D eigenvalue weighted by molar-refractivity contribution is 5.67. The van der Waals surface area contributed by atoms with E-state index in [9.17, 15) is 15.0 Å². The van der Waals surface area contributed by atoms with Gasteiger partial charge in [0.15, 0.2) is 0 Å². The van der Waals surface area contributed by atoms with Crippen LogP contribution in [0.5, 0.6) is 0 Å². The molecule has 1 amide bonds. The predicted molar refractivity (Wildman–Crippen MR) is 122 cm³/mol. The molecule has 0 spiro atoms. The quantitative estimate of drug-likeness (QED) is 0.629. The van der Waals surface area contributed by atoms with Gasteiger partial charge in [0.2, 0.25) is 0 Å². The lowest BCUT2D eigenvalue weighted by atomic mass is 9.62. The van der Waals surface area contributed by atoms with Gasteiger partial charge in [0, 0.05) is 6.54 Å². The first-order valence-corrected chi connectivity index (χ1v) is 11.0. The van der Waals surface area contributed by atoms with Gasteiger partial charge in [-0.3, -0.25) is 0 Å². The van der Waals surface area contributed by atoms with Crippen LogP contribution < -0.4 is 5.32 Å². The van der Waals surface area contributed by atoms with Crippen LogP contribution in [0.1, 0.15) is 74.5 Å². The van der Waals surface area contributed by atoms with Crippen molar-refractivity contribution in [1.82, 2.24) is 5.32 Å². The first-order valence-electron chi connectivity index (χ1n) is 11.0. The van der Waals surface area contributed by atoms with Crippen molar-refractivity contribution in [2.24, 2.45) is 0 Å². The number of amides is 1. The topological polar surface area (TPSA) is 78.8 Å². The van der Waals surface area contributed by atoms with Crippen molar-refractivity contribution in [2.45, 2.75) is 77.1 Å². The standard InChI is InChI=1S/C26H35NO4/c1-17-13-20-21(26(4,5)12-11-25(20,2)3)14-19(17)23(29)22(28)15-27-24(30)31-16-18-9-7-6-8-10-18/h6-10,13-14,22-23,28-29H,11-12,15-16H2,1-5H3,(H,27,30). The van der Waals surface area contributed by atoms with Gasteiger partial charge in [-0.15, -0.1) is 0 Å². The molecule has 1 aliphatic rings. The van der Waals surface area contributed by atoms with Crippen molar-refractivity contribution >= 4 is 6.09 Å². The van der Waals surface area contributed by atoms with E-state index in [1.54, 1.807) is 0 Å². The number of rotatable bonds is 6. The molecule has 168 valence electrons. The molecule has 5 heteroatoms. The highest BCUT2D eigenvalue weighted by atomic mass is 16.5. The first kappa shape index (κ1) is 23.3. The number of benzene rings is 2. The van der Waals surface area contributed by atoms with Crippen molar-refractivity contribution in [3.05, 3.63) is 70.3 Å². The van der Waals surface area contributed by atoms with Crippen LogP contribution in [0.4, 0.5) is 4.79 Å². The Hall–Kier alpha value is -2.37. The van der Waals surface area contributed by atoms with Gasteiger partial charge in [-0.1, -0.05) is 70.2 Å². The highest BCUT2D eigenvalue weighted by Gasteiger charge is 2.38. The average Bonchev–Trinajstić information content (AvgIpc) is 2.74. The SMILES string of the molecule is Cc1cc2c(cc1C(O)C(O)CNC(=O)OCc1ccccc1)C(C)(C)CCC2(C)C. The third-order valence-electron chi connectivity index (χ3n) is 6.59. The predicted octanol–water partition coefficient (Wildman–Crippen LogP) is 4.66. The zero-order chi connectivity index (χ0) is 22.8. The van der Waals surface area contributed by atoms with E-state index in [2.05, 4.69) is 39.1 Å². The lowest BCUT2D eigenvalue weighted by Gasteiger charge is -2.42. The number of aliphatic hydroxyl groups excluding tert-OH is 2. The third kappa shape index (κ3) is 5.28. The summed E-state index contributed by atoms with van der Waals surface area (Å²) in [5, 5.41) is 23.9. The van der Waals surface area contributed by atoms with E-state index >= 15 is 0 Å². The summed E-state index contributed by atoms with van der Waals surface area (Å²) in [5.41, 5.74) is 5.17. The Balaban J connectivity index is 1.66. The number of hydrogen-bond acceptors (Lipinski definition) is 4. The molecule has 1 aliphatic carbocycles. The maximum Gasteiger partial charge on any atom is 0.407 e. The Morgan fingerprint density at radius 1 is 1.03 bits per heavy atom. The van der Waals surface area contributed by atoms with Crippen LogP contribution in [0, 0.1) is 6.92 Å². The summed E-state index contributed by atoms with van der Waals surface area (Å²) in [7, 11) is 0. The van der Waals surface area contributed by atoms with E-state index in [4.69, 9.17) is 4.74 Å². The fourth-order valence-electron chi connectivity index (χ4n) is 4.34. The minimum atomic E-state index is -1.14. The smallest absolute Gasteiger partial charge is 0.407 e. The number of carbonyl (C=O) groups is 1. The molecule has 0 aromatic heterocycles. The van der Waals surface area contributed by atoms with E-state index < -0.39 is 18.3 Å². The maximum atomic E-state index is 12.0. The van der Waals surface area contributed by atoms with Crippen molar-refractivity contribution in [1.29, 1.82) is 0 Å². The summed E-state index contributed by atoms with van der Waals surface area (Å²) in [5.74, 6) is 0. The number of ether oxygens (including phenoxy) is 1. The molecule has 2 atom stereocenters. The number of nitrogens with one attached hydrogen (secondary N) is 1. The Morgan fingerprint density at radius 2 is 1.61 bits per heavy atom. The molecular formula is C26H35NO4. The van der Waals surface area contributed by atoms with Crippen LogP contribution in [0.3, 0.4) is 0 Å². The van der Waals surface area contributed by atoms with Crippen LogP contribution >= 0.6 is 0 Å². The fourth-order valence-corrected chi connectivity index (χ4v) is 4.34. The fraction of sp³-hybridized carbons (Fsp3) is 0.500. The zero-order valence-electron chi connectivity index (χ0n) is 19.2. The van der Waals surface area contributed by atoms with Gasteiger partial charge in [0.05, 0.1) is 0 Å². The lowest BCUT2D eigenvalue weighted by molar-refractivity contribution is 0.0179. The van der Waals surface area contributed by atoms with Crippen molar-refractivity contribution in [2.75, 3.05) is 6.54 Å². The summed E-state index contributed by atoms with van der Waals surface area (Å²) in [6, 6.07) is 13.6. The molecule has 2 aromatic rings. The van der Waals surface area contributed by atoms with E-state index in [0.29, 0.717) is 5.56 Å². The van der Waals surface area contributed by atoms with Gasteiger partial charge >= 0.3 is 6.09 Å². The Morgan fingerprint density at radius 3 is 2.23 bits per heavy atom. The second-order valence-corrected chi connectivity index (χ2v) is 9.98. The molecule has 2 unspecified atom stereocenters. The van der Waals surface area contributed by atoms with Gasteiger partial charge in [-0.25, -0.2) is 4.79 Å². The number of fused-ring (bicyclic) bond motifs is 1.